The molecule has 0 radical (unpaired) electrons. The molecule has 0 aliphatic carbocycles. The van der Waals surface area contributed by atoms with Gasteiger partial charge in [-0.1, -0.05) is 29.8 Å². The predicted molar refractivity (Wildman–Crippen MR) is 117 cm³/mol. The molecule has 2 aromatic heterocycles. The van der Waals surface area contributed by atoms with E-state index in [0.29, 0.717) is 16.6 Å². The highest BCUT2D eigenvalue weighted by Crippen LogP contribution is 2.37. The van der Waals surface area contributed by atoms with Crippen LogP contribution in [0, 0.1) is 11.6 Å². The fraction of sp³-hybridized carbons (Fsp3) is 0. The molecule has 0 unspecified atom stereocenters. The Morgan fingerprint density at radius 3 is 2.55 bits per heavy atom. The van der Waals surface area contributed by atoms with Gasteiger partial charge in [-0.05, 0) is 42.0 Å². The van der Waals surface area contributed by atoms with E-state index in [0.717, 1.165) is 16.3 Å². The molecule has 0 saturated carbocycles. The van der Waals surface area contributed by atoms with Gasteiger partial charge in [-0.25, -0.2) is 13.8 Å². The van der Waals surface area contributed by atoms with Crippen LogP contribution in [0.2, 0.25) is 5.02 Å². The van der Waals surface area contributed by atoms with E-state index in [9.17, 15) is 14.4 Å². The van der Waals surface area contributed by atoms with Crippen molar-refractivity contribution in [3.8, 4) is 22.4 Å². The van der Waals surface area contributed by atoms with Gasteiger partial charge in [0.05, 0.1) is 27.9 Å². The fourth-order valence-electron chi connectivity index (χ4n) is 3.69. The number of hydrogen-bond donors (Lipinski definition) is 3. The van der Waals surface area contributed by atoms with E-state index in [2.05, 4.69) is 15.2 Å². The summed E-state index contributed by atoms with van der Waals surface area (Å²) in [5.74, 6) is -1.38. The summed E-state index contributed by atoms with van der Waals surface area (Å²) in [6.45, 7) is 0. The Kier molecular flexibility index (Phi) is 4.70. The van der Waals surface area contributed by atoms with Crippen molar-refractivity contribution < 1.29 is 18.8 Å². The van der Waals surface area contributed by atoms with Gasteiger partial charge in [-0.2, -0.15) is 5.10 Å². The zero-order chi connectivity index (χ0) is 21.7. The molecule has 3 aromatic carbocycles. The number of nitrogens with one attached hydrogen (secondary N) is 1. The maximum atomic E-state index is 15.2. The van der Waals surface area contributed by atoms with Crippen molar-refractivity contribution in [1.82, 2.24) is 15.2 Å². The van der Waals surface area contributed by atoms with Crippen molar-refractivity contribution in [2.75, 3.05) is 0 Å². The number of aromatic amines is 1. The number of halogens is 3. The lowest BCUT2D eigenvalue weighted by molar-refractivity contribution is 0.423. The van der Waals surface area contributed by atoms with Crippen molar-refractivity contribution >= 4 is 46.0 Å². The molecule has 2 heterocycles. The SMILES string of the molecule is OB(O)c1cccc(-c2nc3ccc4[nH]ncc4c3cc2-c2ccc(F)c(Cl)c2)c1F. The molecule has 3 N–H and O–H groups in total. The number of nitrogens with zero attached hydrogens (tertiary/aromatic N) is 2. The summed E-state index contributed by atoms with van der Waals surface area (Å²) in [6.07, 6.45) is 1.67. The Morgan fingerprint density at radius 1 is 0.935 bits per heavy atom. The average molecular weight is 436 g/mol. The van der Waals surface area contributed by atoms with Gasteiger partial charge in [-0.15, -0.1) is 0 Å². The molecule has 5 rings (SSSR count). The number of aromatic nitrogens is 3. The van der Waals surface area contributed by atoms with Crippen molar-refractivity contribution in [2.45, 2.75) is 0 Å². The highest BCUT2D eigenvalue weighted by Gasteiger charge is 2.23. The lowest BCUT2D eigenvalue weighted by Crippen LogP contribution is -2.33. The van der Waals surface area contributed by atoms with Gasteiger partial charge in [0.15, 0.2) is 0 Å². The number of pyridine rings is 1. The smallest absolute Gasteiger partial charge is 0.423 e. The first-order valence-electron chi connectivity index (χ1n) is 9.31. The summed E-state index contributed by atoms with van der Waals surface area (Å²) in [4.78, 5) is 4.68. The van der Waals surface area contributed by atoms with E-state index >= 15 is 4.39 Å². The number of rotatable bonds is 3. The maximum Gasteiger partial charge on any atom is 0.491 e. The first-order valence-corrected chi connectivity index (χ1v) is 9.69. The lowest BCUT2D eigenvalue weighted by atomic mass is 9.78. The average Bonchev–Trinajstić information content (AvgIpc) is 3.24. The number of hydrogen-bond acceptors (Lipinski definition) is 4. The molecular formula is C22H13BClF2N3O2. The van der Waals surface area contributed by atoms with E-state index in [1.807, 2.05) is 12.1 Å². The first kappa shape index (κ1) is 19.6. The lowest BCUT2D eigenvalue weighted by Gasteiger charge is -2.14. The van der Waals surface area contributed by atoms with Gasteiger partial charge in [0.2, 0.25) is 0 Å². The highest BCUT2D eigenvalue weighted by atomic mass is 35.5. The molecule has 0 bridgehead atoms. The third-order valence-electron chi connectivity index (χ3n) is 5.21. The summed E-state index contributed by atoms with van der Waals surface area (Å²) in [5, 5.41) is 27.5. The fourth-order valence-corrected chi connectivity index (χ4v) is 3.87. The number of benzene rings is 3. The van der Waals surface area contributed by atoms with Gasteiger partial charge >= 0.3 is 7.12 Å². The van der Waals surface area contributed by atoms with Gasteiger partial charge in [-0.3, -0.25) is 5.10 Å². The van der Waals surface area contributed by atoms with Crippen LogP contribution in [0.25, 0.3) is 44.2 Å². The summed E-state index contributed by atoms with van der Waals surface area (Å²) in [7, 11) is -1.98. The van der Waals surface area contributed by atoms with E-state index in [1.54, 1.807) is 12.3 Å². The monoisotopic (exact) mass is 435 g/mol. The topological polar surface area (TPSA) is 82.0 Å². The van der Waals surface area contributed by atoms with Crippen LogP contribution in [0.15, 0.2) is 60.8 Å². The summed E-state index contributed by atoms with van der Waals surface area (Å²) < 4.78 is 29.0. The van der Waals surface area contributed by atoms with E-state index in [4.69, 9.17) is 11.6 Å². The molecule has 5 aromatic rings. The van der Waals surface area contributed by atoms with Gasteiger partial charge in [0, 0.05) is 27.4 Å². The minimum Gasteiger partial charge on any atom is -0.423 e. The summed E-state index contributed by atoms with van der Waals surface area (Å²) >= 11 is 6.01. The second-order valence-corrected chi connectivity index (χ2v) is 7.47. The van der Waals surface area contributed by atoms with E-state index in [-0.39, 0.29) is 21.7 Å². The van der Waals surface area contributed by atoms with Gasteiger partial charge in [0.1, 0.15) is 11.6 Å². The Bertz CT molecular complexity index is 1470. The van der Waals surface area contributed by atoms with Crippen LogP contribution >= 0.6 is 11.6 Å². The van der Waals surface area contributed by atoms with Crippen LogP contribution in [0.5, 0.6) is 0 Å². The van der Waals surface area contributed by atoms with Crippen LogP contribution in [0.4, 0.5) is 8.78 Å². The van der Waals surface area contributed by atoms with Crippen molar-refractivity contribution in [3.63, 3.8) is 0 Å². The Balaban J connectivity index is 1.88. The maximum absolute atomic E-state index is 15.2. The Hall–Kier alpha value is -3.33. The van der Waals surface area contributed by atoms with Crippen LogP contribution in [0.1, 0.15) is 0 Å². The van der Waals surface area contributed by atoms with Crippen LogP contribution in [0.3, 0.4) is 0 Å². The van der Waals surface area contributed by atoms with Crippen LogP contribution in [-0.2, 0) is 0 Å². The first-order chi connectivity index (χ1) is 14.9. The third kappa shape index (κ3) is 3.25. The van der Waals surface area contributed by atoms with Crippen molar-refractivity contribution in [3.05, 3.63) is 77.5 Å². The highest BCUT2D eigenvalue weighted by molar-refractivity contribution is 6.58. The normalized spacial score (nSPS) is 11.4. The van der Waals surface area contributed by atoms with Crippen LogP contribution in [-0.4, -0.2) is 32.3 Å². The molecule has 0 spiro atoms. The number of fused-ring (bicyclic) bond motifs is 3. The molecular weight excluding hydrogens is 423 g/mol. The molecule has 9 heteroatoms. The minimum absolute atomic E-state index is 0.0786. The van der Waals surface area contributed by atoms with Crippen LogP contribution < -0.4 is 5.46 Å². The van der Waals surface area contributed by atoms with Gasteiger partial charge in [0.25, 0.3) is 0 Å². The van der Waals surface area contributed by atoms with Crippen molar-refractivity contribution in [2.24, 2.45) is 0 Å². The quantitative estimate of drug-likeness (QED) is 0.373. The molecule has 31 heavy (non-hydrogen) atoms. The Labute approximate surface area is 180 Å². The van der Waals surface area contributed by atoms with Gasteiger partial charge < -0.3 is 10.0 Å². The molecule has 0 saturated heterocycles. The minimum atomic E-state index is -1.98. The molecule has 0 aliphatic rings. The molecule has 0 atom stereocenters. The third-order valence-corrected chi connectivity index (χ3v) is 5.50. The summed E-state index contributed by atoms with van der Waals surface area (Å²) in [6, 6.07) is 13.9. The second kappa shape index (κ2) is 7.42. The second-order valence-electron chi connectivity index (χ2n) is 7.06. The number of H-pyrrole nitrogens is 1. The predicted octanol–water partition coefficient (Wildman–Crippen LogP) is 4.06. The van der Waals surface area contributed by atoms with E-state index < -0.39 is 18.8 Å². The largest absolute Gasteiger partial charge is 0.491 e. The Morgan fingerprint density at radius 2 is 1.77 bits per heavy atom. The zero-order valence-corrected chi connectivity index (χ0v) is 16.5. The molecule has 0 fully saturated rings. The molecule has 5 nitrogen and oxygen atoms in total. The molecule has 0 aliphatic heterocycles. The van der Waals surface area contributed by atoms with E-state index in [1.165, 1.54) is 36.4 Å². The van der Waals surface area contributed by atoms with Crippen molar-refractivity contribution in [1.29, 1.82) is 0 Å². The zero-order valence-electron chi connectivity index (χ0n) is 15.8. The molecule has 152 valence electrons. The molecule has 0 amide bonds. The standard InChI is InChI=1S/C22H13BClF2N3O2/c24-17-8-11(4-5-18(17)25)13-9-14-15-10-27-29-20(15)7-6-19(14)28-22(13)12-2-1-3-16(21(12)26)23(30)31/h1-10,30-31H,(H,27,29). The summed E-state index contributed by atoms with van der Waals surface area (Å²) in [5.41, 5.74) is 2.51.